The fourth-order valence-electron chi connectivity index (χ4n) is 1.45. The molecule has 0 atom stereocenters. The monoisotopic (exact) mass is 324 g/mol. The molecule has 0 aliphatic carbocycles. The summed E-state index contributed by atoms with van der Waals surface area (Å²) in [6, 6.07) is 7.21. The first-order valence-electron chi connectivity index (χ1n) is 5.83. The number of rotatable bonds is 4. The molecule has 19 heavy (non-hydrogen) atoms. The highest BCUT2D eigenvalue weighted by Crippen LogP contribution is 2.36. The average Bonchev–Trinajstić information content (AvgIpc) is 2.31. The third kappa shape index (κ3) is 3.07. The lowest BCUT2D eigenvalue weighted by atomic mass is 9.74. The van der Waals surface area contributed by atoms with Crippen LogP contribution in [0.3, 0.4) is 0 Å². The number of nitrogens with one attached hydrogen (secondary N) is 1. The van der Waals surface area contributed by atoms with Crippen LogP contribution in [-0.4, -0.2) is 16.6 Å². The topological polar surface area (TPSA) is 73.1 Å². The van der Waals surface area contributed by atoms with E-state index in [0.717, 1.165) is 10.2 Å². The third-order valence-corrected chi connectivity index (χ3v) is 4.30. The highest BCUT2D eigenvalue weighted by atomic mass is 79.9. The van der Waals surface area contributed by atoms with Gasteiger partial charge in [-0.15, -0.1) is 0 Å². The molecule has 0 fully saturated rings. The Bertz CT molecular complexity index is 545. The van der Waals surface area contributed by atoms with Crippen LogP contribution in [0.2, 0.25) is 0 Å². The van der Waals surface area contributed by atoms with Gasteiger partial charge in [0.2, 0.25) is 0 Å². The number of benzene rings is 1. The summed E-state index contributed by atoms with van der Waals surface area (Å²) in [6.45, 7) is 7.04. The van der Waals surface area contributed by atoms with Gasteiger partial charge in [0, 0.05) is 15.7 Å². The molecular formula is C14H17BrN2O2. The Morgan fingerprint density at radius 1 is 1.37 bits per heavy atom. The number of nitriles is 1. The summed E-state index contributed by atoms with van der Waals surface area (Å²) in [7, 11) is 0. The van der Waals surface area contributed by atoms with Gasteiger partial charge < -0.3 is 10.4 Å². The number of hydrogen-bond donors (Lipinski definition) is 2. The van der Waals surface area contributed by atoms with E-state index in [2.05, 4.69) is 27.3 Å². The van der Waals surface area contributed by atoms with Gasteiger partial charge in [-0.1, -0.05) is 0 Å². The van der Waals surface area contributed by atoms with E-state index in [1.54, 1.807) is 32.0 Å². The maximum atomic E-state index is 11.3. The van der Waals surface area contributed by atoms with Crippen LogP contribution >= 0.6 is 15.9 Å². The molecule has 2 N–H and O–H groups in total. The molecule has 0 unspecified atom stereocenters. The molecule has 0 aromatic heterocycles. The summed E-state index contributed by atoms with van der Waals surface area (Å²) in [5.41, 5.74) is -0.290. The van der Waals surface area contributed by atoms with Crippen LogP contribution in [0.1, 0.15) is 33.3 Å². The standard InChI is InChI=1S/C14H17BrN2O2/c1-13(2,12(18)19)14(3,4)17-11-6-5-9(8-16)7-10(11)15/h5-7,17H,1-4H3,(H,18,19). The molecule has 0 saturated heterocycles. The molecule has 0 spiro atoms. The number of carboxylic acids is 1. The SMILES string of the molecule is CC(C)(Nc1ccc(C#N)cc1Br)C(C)(C)C(=O)O. The second-order valence-electron chi connectivity index (χ2n) is 5.49. The van der Waals surface area contributed by atoms with E-state index in [1.165, 1.54) is 0 Å². The van der Waals surface area contributed by atoms with E-state index in [0.29, 0.717) is 5.56 Å². The van der Waals surface area contributed by atoms with E-state index in [9.17, 15) is 9.90 Å². The lowest BCUT2D eigenvalue weighted by Gasteiger charge is -2.40. The van der Waals surface area contributed by atoms with Crippen molar-refractivity contribution in [3.63, 3.8) is 0 Å². The summed E-state index contributed by atoms with van der Waals surface area (Å²) in [5, 5.41) is 21.4. The van der Waals surface area contributed by atoms with Crippen molar-refractivity contribution in [3.05, 3.63) is 28.2 Å². The Morgan fingerprint density at radius 2 is 1.95 bits per heavy atom. The average molecular weight is 325 g/mol. The molecule has 1 aromatic rings. The second-order valence-corrected chi connectivity index (χ2v) is 6.34. The van der Waals surface area contributed by atoms with Crippen LogP contribution in [0.25, 0.3) is 0 Å². The maximum absolute atomic E-state index is 11.3. The number of hydrogen-bond acceptors (Lipinski definition) is 3. The van der Waals surface area contributed by atoms with E-state index < -0.39 is 16.9 Å². The highest BCUT2D eigenvalue weighted by molar-refractivity contribution is 9.10. The molecule has 0 aliphatic heterocycles. The first-order chi connectivity index (χ1) is 8.61. The molecule has 4 nitrogen and oxygen atoms in total. The zero-order valence-corrected chi connectivity index (χ0v) is 13.0. The van der Waals surface area contributed by atoms with Gasteiger partial charge in [-0.2, -0.15) is 5.26 Å². The molecule has 5 heteroatoms. The van der Waals surface area contributed by atoms with Crippen LogP contribution in [0.5, 0.6) is 0 Å². The largest absolute Gasteiger partial charge is 0.481 e. The van der Waals surface area contributed by atoms with Gasteiger partial charge in [0.05, 0.1) is 17.0 Å². The van der Waals surface area contributed by atoms with Gasteiger partial charge in [-0.05, 0) is 61.8 Å². The molecule has 0 saturated carbocycles. The Kier molecular flexibility index (Phi) is 4.26. The fourth-order valence-corrected chi connectivity index (χ4v) is 1.92. The zero-order chi connectivity index (χ0) is 14.8. The number of halogens is 1. The molecule has 1 aromatic carbocycles. The van der Waals surface area contributed by atoms with Crippen molar-refractivity contribution >= 4 is 27.6 Å². The van der Waals surface area contributed by atoms with Crippen LogP contribution < -0.4 is 5.32 Å². The van der Waals surface area contributed by atoms with Gasteiger partial charge >= 0.3 is 5.97 Å². The van der Waals surface area contributed by atoms with Crippen LogP contribution in [-0.2, 0) is 4.79 Å². The highest BCUT2D eigenvalue weighted by Gasteiger charge is 2.43. The predicted octanol–water partition coefficient (Wildman–Crippen LogP) is 3.62. The summed E-state index contributed by atoms with van der Waals surface area (Å²) >= 11 is 3.38. The number of aliphatic carboxylic acids is 1. The lowest BCUT2D eigenvalue weighted by molar-refractivity contribution is -0.149. The zero-order valence-electron chi connectivity index (χ0n) is 11.4. The Labute approximate surface area is 121 Å². The Morgan fingerprint density at radius 3 is 2.37 bits per heavy atom. The molecule has 0 radical (unpaired) electrons. The normalized spacial score (nSPS) is 11.8. The quantitative estimate of drug-likeness (QED) is 0.887. The predicted molar refractivity (Wildman–Crippen MR) is 78.0 cm³/mol. The van der Waals surface area contributed by atoms with Crippen molar-refractivity contribution in [2.75, 3.05) is 5.32 Å². The van der Waals surface area contributed by atoms with Crippen molar-refractivity contribution in [3.8, 4) is 6.07 Å². The van der Waals surface area contributed by atoms with E-state index in [-0.39, 0.29) is 0 Å². The molecule has 0 heterocycles. The van der Waals surface area contributed by atoms with E-state index >= 15 is 0 Å². The van der Waals surface area contributed by atoms with Crippen LogP contribution in [0.4, 0.5) is 5.69 Å². The third-order valence-electron chi connectivity index (χ3n) is 3.64. The molecular weight excluding hydrogens is 308 g/mol. The molecule has 0 amide bonds. The Hall–Kier alpha value is -1.54. The van der Waals surface area contributed by atoms with E-state index in [4.69, 9.17) is 5.26 Å². The van der Waals surface area contributed by atoms with Crippen LogP contribution in [0.15, 0.2) is 22.7 Å². The van der Waals surface area contributed by atoms with Gasteiger partial charge in [-0.3, -0.25) is 4.79 Å². The second kappa shape index (κ2) is 5.22. The van der Waals surface area contributed by atoms with Gasteiger partial charge in [-0.25, -0.2) is 0 Å². The van der Waals surface area contributed by atoms with Gasteiger partial charge in [0.25, 0.3) is 0 Å². The minimum absolute atomic E-state index is 0.549. The fraction of sp³-hybridized carbons (Fsp3) is 0.429. The maximum Gasteiger partial charge on any atom is 0.311 e. The van der Waals surface area contributed by atoms with Gasteiger partial charge in [0.1, 0.15) is 0 Å². The first-order valence-corrected chi connectivity index (χ1v) is 6.62. The Balaban J connectivity index is 3.09. The molecule has 0 bridgehead atoms. The minimum atomic E-state index is -0.944. The molecule has 1 rings (SSSR count). The number of nitrogens with zero attached hydrogens (tertiary/aromatic N) is 1. The smallest absolute Gasteiger partial charge is 0.311 e. The van der Waals surface area contributed by atoms with Crippen molar-refractivity contribution < 1.29 is 9.90 Å². The minimum Gasteiger partial charge on any atom is -0.481 e. The van der Waals surface area contributed by atoms with Crippen molar-refractivity contribution in [2.45, 2.75) is 33.2 Å². The molecule has 102 valence electrons. The van der Waals surface area contributed by atoms with Crippen molar-refractivity contribution in [1.29, 1.82) is 5.26 Å². The van der Waals surface area contributed by atoms with Crippen molar-refractivity contribution in [2.24, 2.45) is 5.41 Å². The van der Waals surface area contributed by atoms with Gasteiger partial charge in [0.15, 0.2) is 0 Å². The first kappa shape index (κ1) is 15.5. The number of carbonyl (C=O) groups is 1. The number of anilines is 1. The lowest BCUT2D eigenvalue weighted by Crippen LogP contribution is -2.50. The summed E-state index contributed by atoms with van der Waals surface area (Å²) in [4.78, 5) is 11.3. The van der Waals surface area contributed by atoms with Crippen molar-refractivity contribution in [1.82, 2.24) is 0 Å². The molecule has 0 aliphatic rings. The van der Waals surface area contributed by atoms with E-state index in [1.807, 2.05) is 13.8 Å². The summed E-state index contributed by atoms with van der Waals surface area (Å²) in [5.74, 6) is -0.866. The number of carboxylic acid groups (broad SMARTS) is 1. The van der Waals surface area contributed by atoms with Crippen LogP contribution in [0, 0.1) is 16.7 Å². The summed E-state index contributed by atoms with van der Waals surface area (Å²) in [6.07, 6.45) is 0. The summed E-state index contributed by atoms with van der Waals surface area (Å²) < 4.78 is 0.737.